The summed E-state index contributed by atoms with van der Waals surface area (Å²) < 4.78 is 16.7. The Morgan fingerprint density at radius 3 is 2.59 bits per heavy atom. The van der Waals surface area contributed by atoms with E-state index in [9.17, 15) is 9.59 Å². The van der Waals surface area contributed by atoms with Gasteiger partial charge in [0.25, 0.3) is 11.8 Å². The number of amides is 2. The number of carbonyl (C=O) groups excluding carboxylic acids is 2. The number of rotatable bonds is 7. The molecule has 1 saturated heterocycles. The zero-order chi connectivity index (χ0) is 22.5. The number of ether oxygens (including phenoxy) is 3. The van der Waals surface area contributed by atoms with Gasteiger partial charge in [-0.2, -0.15) is 0 Å². The molecule has 0 aliphatic carbocycles. The van der Waals surface area contributed by atoms with Crippen LogP contribution in [0.1, 0.15) is 11.1 Å². The third kappa shape index (κ3) is 5.20. The zero-order valence-corrected chi connectivity index (χ0v) is 18.6. The van der Waals surface area contributed by atoms with Crippen molar-refractivity contribution in [1.29, 1.82) is 0 Å². The molecule has 2 amide bonds. The van der Waals surface area contributed by atoms with Crippen LogP contribution in [0.5, 0.6) is 11.5 Å². The fraction of sp³-hybridized carbons (Fsp3) is 0.417. The molecule has 1 fully saturated rings. The van der Waals surface area contributed by atoms with Crippen molar-refractivity contribution in [2.24, 2.45) is 0 Å². The van der Waals surface area contributed by atoms with E-state index in [1.54, 1.807) is 17.0 Å². The minimum atomic E-state index is -0.260. The minimum absolute atomic E-state index is 0.0107. The van der Waals surface area contributed by atoms with Crippen molar-refractivity contribution < 1.29 is 23.8 Å². The molecule has 8 nitrogen and oxygen atoms in total. The average Bonchev–Trinajstić information content (AvgIpc) is 2.79. The van der Waals surface area contributed by atoms with E-state index in [0.717, 1.165) is 55.4 Å². The Balaban J connectivity index is 1.37. The van der Waals surface area contributed by atoms with Crippen LogP contribution in [0.2, 0.25) is 0 Å². The monoisotopic (exact) mass is 439 g/mol. The number of para-hydroxylation sites is 1. The standard InChI is InChI=1S/C24H29N3O5/c1-17-4-3-5-18(2)24(17)32-15-22(28)25-19-6-7-20-21(14-19)31-16-23(29)27(20)9-8-26-10-12-30-13-11-26/h3-7,14H,8-13,15-16H2,1-2H3,(H,25,28). The van der Waals surface area contributed by atoms with Gasteiger partial charge in [0.2, 0.25) is 0 Å². The van der Waals surface area contributed by atoms with Gasteiger partial charge in [-0.15, -0.1) is 0 Å². The maximum atomic E-state index is 12.4. The van der Waals surface area contributed by atoms with Gasteiger partial charge in [0.05, 0.1) is 18.9 Å². The van der Waals surface area contributed by atoms with Gasteiger partial charge in [-0.05, 0) is 37.1 Å². The molecule has 2 aliphatic rings. The van der Waals surface area contributed by atoms with Crippen molar-refractivity contribution >= 4 is 23.2 Å². The minimum Gasteiger partial charge on any atom is -0.483 e. The van der Waals surface area contributed by atoms with Crippen molar-refractivity contribution in [3.63, 3.8) is 0 Å². The number of benzene rings is 2. The summed E-state index contributed by atoms with van der Waals surface area (Å²) in [5, 5.41) is 2.84. The third-order valence-corrected chi connectivity index (χ3v) is 5.69. The normalized spacial score (nSPS) is 16.3. The van der Waals surface area contributed by atoms with Crippen LogP contribution >= 0.6 is 0 Å². The van der Waals surface area contributed by atoms with Crippen LogP contribution in [0, 0.1) is 13.8 Å². The molecule has 2 aliphatic heterocycles. The summed E-state index contributed by atoms with van der Waals surface area (Å²) in [5.74, 6) is 0.985. The van der Waals surface area contributed by atoms with Crippen LogP contribution in [0.15, 0.2) is 36.4 Å². The molecule has 0 spiro atoms. The summed E-state index contributed by atoms with van der Waals surface area (Å²) in [5.41, 5.74) is 3.30. The lowest BCUT2D eigenvalue weighted by molar-refractivity contribution is -0.121. The van der Waals surface area contributed by atoms with E-state index in [2.05, 4.69) is 10.2 Å². The quantitative estimate of drug-likeness (QED) is 0.714. The van der Waals surface area contributed by atoms with Gasteiger partial charge in [-0.3, -0.25) is 14.5 Å². The number of aryl methyl sites for hydroxylation is 2. The molecule has 2 aromatic rings. The summed E-state index contributed by atoms with van der Waals surface area (Å²) in [6.07, 6.45) is 0. The fourth-order valence-corrected chi connectivity index (χ4v) is 3.96. The molecular weight excluding hydrogens is 410 g/mol. The van der Waals surface area contributed by atoms with Gasteiger partial charge >= 0.3 is 0 Å². The molecule has 1 N–H and O–H groups in total. The van der Waals surface area contributed by atoms with Crippen LogP contribution < -0.4 is 19.7 Å². The van der Waals surface area contributed by atoms with Gasteiger partial charge in [0.1, 0.15) is 11.5 Å². The summed E-state index contributed by atoms with van der Waals surface area (Å²) in [7, 11) is 0. The molecule has 0 unspecified atom stereocenters. The van der Waals surface area contributed by atoms with Crippen molar-refractivity contribution in [2.75, 3.05) is 62.8 Å². The van der Waals surface area contributed by atoms with E-state index in [1.807, 2.05) is 38.1 Å². The lowest BCUT2D eigenvalue weighted by Crippen LogP contribution is -2.45. The van der Waals surface area contributed by atoms with Gasteiger partial charge in [-0.25, -0.2) is 0 Å². The Morgan fingerprint density at radius 1 is 1.09 bits per heavy atom. The number of nitrogens with zero attached hydrogens (tertiary/aromatic N) is 2. The third-order valence-electron chi connectivity index (χ3n) is 5.69. The van der Waals surface area contributed by atoms with Crippen molar-refractivity contribution in [3.05, 3.63) is 47.5 Å². The number of morpholine rings is 1. The van der Waals surface area contributed by atoms with Gasteiger partial charge in [0.15, 0.2) is 13.2 Å². The number of carbonyl (C=O) groups is 2. The van der Waals surface area contributed by atoms with E-state index in [4.69, 9.17) is 14.2 Å². The van der Waals surface area contributed by atoms with E-state index >= 15 is 0 Å². The van der Waals surface area contributed by atoms with Crippen LogP contribution in [0.4, 0.5) is 11.4 Å². The first-order chi connectivity index (χ1) is 15.5. The highest BCUT2D eigenvalue weighted by atomic mass is 16.5. The van der Waals surface area contributed by atoms with Crippen molar-refractivity contribution in [2.45, 2.75) is 13.8 Å². The maximum absolute atomic E-state index is 12.4. The first kappa shape index (κ1) is 22.1. The fourth-order valence-electron chi connectivity index (χ4n) is 3.96. The highest BCUT2D eigenvalue weighted by Crippen LogP contribution is 2.34. The molecule has 2 aromatic carbocycles. The van der Waals surface area contributed by atoms with Crippen LogP contribution in [0.25, 0.3) is 0 Å². The average molecular weight is 440 g/mol. The van der Waals surface area contributed by atoms with Crippen molar-refractivity contribution in [1.82, 2.24) is 4.90 Å². The second-order valence-corrected chi connectivity index (χ2v) is 8.03. The molecule has 2 heterocycles. The molecule has 4 rings (SSSR count). The first-order valence-electron chi connectivity index (χ1n) is 10.9. The topological polar surface area (TPSA) is 80.3 Å². The Labute approximate surface area is 188 Å². The Bertz CT molecular complexity index is 967. The summed E-state index contributed by atoms with van der Waals surface area (Å²) >= 11 is 0. The molecule has 0 aromatic heterocycles. The van der Waals surface area contributed by atoms with Gasteiger partial charge in [0, 0.05) is 37.9 Å². The second kappa shape index (κ2) is 10.0. The van der Waals surface area contributed by atoms with Gasteiger partial charge < -0.3 is 24.4 Å². The lowest BCUT2D eigenvalue weighted by Gasteiger charge is -2.33. The van der Waals surface area contributed by atoms with E-state index in [1.165, 1.54) is 0 Å². The predicted octanol–water partition coefficient (Wildman–Crippen LogP) is 2.38. The Morgan fingerprint density at radius 2 is 1.84 bits per heavy atom. The number of fused-ring (bicyclic) bond motifs is 1. The predicted molar refractivity (Wildman–Crippen MR) is 122 cm³/mol. The highest BCUT2D eigenvalue weighted by Gasteiger charge is 2.26. The number of hydrogen-bond acceptors (Lipinski definition) is 6. The summed E-state index contributed by atoms with van der Waals surface area (Å²) in [6, 6.07) is 11.2. The molecule has 0 radical (unpaired) electrons. The highest BCUT2D eigenvalue weighted by molar-refractivity contribution is 5.99. The number of hydrogen-bond donors (Lipinski definition) is 1. The van der Waals surface area contributed by atoms with E-state index in [0.29, 0.717) is 18.0 Å². The number of nitrogens with one attached hydrogen (secondary N) is 1. The molecule has 0 bridgehead atoms. The smallest absolute Gasteiger partial charge is 0.265 e. The largest absolute Gasteiger partial charge is 0.483 e. The maximum Gasteiger partial charge on any atom is 0.265 e. The molecule has 0 atom stereocenters. The SMILES string of the molecule is Cc1cccc(C)c1OCC(=O)Nc1ccc2c(c1)OCC(=O)N2CCN1CCOCC1. The molecule has 170 valence electrons. The van der Waals surface area contributed by atoms with Crippen LogP contribution in [-0.2, 0) is 14.3 Å². The van der Waals surface area contributed by atoms with Crippen molar-refractivity contribution in [3.8, 4) is 11.5 Å². The van der Waals surface area contributed by atoms with Crippen LogP contribution in [0.3, 0.4) is 0 Å². The van der Waals surface area contributed by atoms with E-state index in [-0.39, 0.29) is 25.0 Å². The molecule has 32 heavy (non-hydrogen) atoms. The first-order valence-corrected chi connectivity index (χ1v) is 10.9. The Hall–Kier alpha value is -3.10. The molecule has 0 saturated carbocycles. The van der Waals surface area contributed by atoms with Gasteiger partial charge in [-0.1, -0.05) is 18.2 Å². The number of anilines is 2. The molecule has 8 heteroatoms. The second-order valence-electron chi connectivity index (χ2n) is 8.03. The van der Waals surface area contributed by atoms with E-state index < -0.39 is 0 Å². The molecular formula is C24H29N3O5. The zero-order valence-electron chi connectivity index (χ0n) is 18.6. The van der Waals surface area contributed by atoms with Crippen LogP contribution in [-0.4, -0.2) is 69.3 Å². The lowest BCUT2D eigenvalue weighted by atomic mass is 10.1. The Kier molecular flexibility index (Phi) is 6.92. The summed E-state index contributed by atoms with van der Waals surface area (Å²) in [6.45, 7) is 8.37. The summed E-state index contributed by atoms with van der Waals surface area (Å²) in [4.78, 5) is 28.9.